The van der Waals surface area contributed by atoms with Crippen LogP contribution in [0.1, 0.15) is 33.4 Å². The first kappa shape index (κ1) is 23.8. The highest BCUT2D eigenvalue weighted by molar-refractivity contribution is 9.09. The van der Waals surface area contributed by atoms with Crippen molar-refractivity contribution in [2.45, 2.75) is 25.7 Å². The lowest BCUT2D eigenvalue weighted by Gasteiger charge is -2.16. The Hall–Kier alpha value is -2.36. The lowest BCUT2D eigenvalue weighted by atomic mass is 10.0. The average Bonchev–Trinajstić information content (AvgIpc) is 2.84. The van der Waals surface area contributed by atoms with Gasteiger partial charge in [0.25, 0.3) is 0 Å². The molecule has 0 fully saturated rings. The molecule has 1 nitrogen and oxygen atoms in total. The maximum atomic E-state index is 6.51. The number of benzene rings is 4. The molecule has 0 spiro atoms. The maximum Gasteiger partial charge on any atom is 0.130 e. The molecule has 4 aromatic carbocycles. The Morgan fingerprint density at radius 2 is 0.909 bits per heavy atom. The monoisotopic (exact) mass is 562 g/mol. The van der Waals surface area contributed by atoms with Crippen molar-refractivity contribution in [1.82, 2.24) is 0 Å². The third-order valence-corrected chi connectivity index (χ3v) is 6.49. The zero-order valence-corrected chi connectivity index (χ0v) is 21.8. The standard InChI is InChI=1S/C30H28Br2O/c31-17-15-27-21-25(19-23-7-3-1-4-8-23)11-13-29(27)33-30-14-12-26(22-28(30)16-18-32)20-24-9-5-2-6-10-24/h1-14,21-22H,15-20H2. The molecule has 0 aliphatic heterocycles. The minimum absolute atomic E-state index is 0.905. The summed E-state index contributed by atoms with van der Waals surface area (Å²) in [5.41, 5.74) is 7.73. The summed E-state index contributed by atoms with van der Waals surface area (Å²) >= 11 is 7.23. The molecule has 0 saturated carbocycles. The van der Waals surface area contributed by atoms with E-state index in [1.165, 1.54) is 33.4 Å². The second-order valence-corrected chi connectivity index (χ2v) is 9.77. The highest BCUT2D eigenvalue weighted by Crippen LogP contribution is 2.32. The van der Waals surface area contributed by atoms with Gasteiger partial charge in [0.05, 0.1) is 0 Å². The van der Waals surface area contributed by atoms with Crippen LogP contribution >= 0.6 is 31.9 Å². The number of ether oxygens (including phenoxy) is 1. The third-order valence-electron chi connectivity index (χ3n) is 5.70. The molecule has 0 radical (unpaired) electrons. The van der Waals surface area contributed by atoms with E-state index in [-0.39, 0.29) is 0 Å². The molecule has 0 unspecified atom stereocenters. The van der Waals surface area contributed by atoms with Gasteiger partial charge >= 0.3 is 0 Å². The van der Waals surface area contributed by atoms with Crippen LogP contribution in [0.25, 0.3) is 0 Å². The molecule has 4 aromatic rings. The van der Waals surface area contributed by atoms with Crippen molar-refractivity contribution in [3.05, 3.63) is 130 Å². The summed E-state index contributed by atoms with van der Waals surface area (Å²) < 4.78 is 6.51. The first-order valence-corrected chi connectivity index (χ1v) is 13.6. The molecule has 0 aliphatic rings. The Morgan fingerprint density at radius 1 is 0.485 bits per heavy atom. The first-order valence-electron chi connectivity index (χ1n) is 11.4. The summed E-state index contributed by atoms with van der Waals surface area (Å²) in [4.78, 5) is 0. The lowest BCUT2D eigenvalue weighted by molar-refractivity contribution is 0.471. The van der Waals surface area contributed by atoms with Gasteiger partial charge in [-0.2, -0.15) is 0 Å². The van der Waals surface area contributed by atoms with E-state index in [0.29, 0.717) is 0 Å². The minimum atomic E-state index is 0.905. The predicted molar refractivity (Wildman–Crippen MR) is 146 cm³/mol. The molecule has 0 aromatic heterocycles. The summed E-state index contributed by atoms with van der Waals surface area (Å²) in [6.45, 7) is 0. The van der Waals surface area contributed by atoms with Crippen molar-refractivity contribution >= 4 is 31.9 Å². The summed E-state index contributed by atoms with van der Waals surface area (Å²) in [5.74, 6) is 1.88. The van der Waals surface area contributed by atoms with E-state index in [0.717, 1.165) is 47.8 Å². The normalized spacial score (nSPS) is 10.8. The van der Waals surface area contributed by atoms with Gasteiger partial charge in [-0.1, -0.05) is 117 Å². The fourth-order valence-electron chi connectivity index (χ4n) is 4.06. The van der Waals surface area contributed by atoms with E-state index < -0.39 is 0 Å². The molecular formula is C30H28Br2O. The number of hydrogen-bond acceptors (Lipinski definition) is 1. The molecule has 0 aliphatic carbocycles. The number of rotatable bonds is 10. The van der Waals surface area contributed by atoms with Crippen molar-refractivity contribution in [2.24, 2.45) is 0 Å². The first-order chi connectivity index (χ1) is 16.2. The molecule has 0 heterocycles. The molecule has 0 amide bonds. The molecule has 33 heavy (non-hydrogen) atoms. The van der Waals surface area contributed by atoms with E-state index in [1.54, 1.807) is 0 Å². The van der Waals surface area contributed by atoms with Gasteiger partial charge in [-0.05, 0) is 71.2 Å². The van der Waals surface area contributed by atoms with Gasteiger partial charge in [0.15, 0.2) is 0 Å². The van der Waals surface area contributed by atoms with Gasteiger partial charge in [0.2, 0.25) is 0 Å². The topological polar surface area (TPSA) is 9.23 Å². The van der Waals surface area contributed by atoms with E-state index in [2.05, 4.69) is 129 Å². The number of hydrogen-bond donors (Lipinski definition) is 0. The Bertz CT molecular complexity index is 1060. The van der Waals surface area contributed by atoms with Crippen molar-refractivity contribution < 1.29 is 4.74 Å². The smallest absolute Gasteiger partial charge is 0.130 e. The van der Waals surface area contributed by atoms with Gasteiger partial charge in [-0.3, -0.25) is 0 Å². The largest absolute Gasteiger partial charge is 0.457 e. The predicted octanol–water partition coefficient (Wildman–Crippen LogP) is 8.54. The van der Waals surface area contributed by atoms with Crippen LogP contribution < -0.4 is 4.74 Å². The molecule has 3 heteroatoms. The summed E-state index contributed by atoms with van der Waals surface area (Å²) in [5, 5.41) is 1.81. The van der Waals surface area contributed by atoms with Crippen molar-refractivity contribution in [2.75, 3.05) is 10.7 Å². The van der Waals surface area contributed by atoms with Crippen LogP contribution in [0.5, 0.6) is 11.5 Å². The van der Waals surface area contributed by atoms with Crippen LogP contribution in [0, 0.1) is 0 Å². The van der Waals surface area contributed by atoms with Crippen LogP contribution in [0.3, 0.4) is 0 Å². The summed E-state index contributed by atoms with van der Waals surface area (Å²) in [7, 11) is 0. The van der Waals surface area contributed by atoms with Gasteiger partial charge in [0, 0.05) is 10.7 Å². The second kappa shape index (κ2) is 12.2. The summed E-state index contributed by atoms with van der Waals surface area (Å²) in [6.07, 6.45) is 3.72. The molecular weight excluding hydrogens is 536 g/mol. The van der Waals surface area contributed by atoms with Crippen LogP contribution in [0.2, 0.25) is 0 Å². The highest BCUT2D eigenvalue weighted by Gasteiger charge is 2.11. The van der Waals surface area contributed by atoms with Crippen LogP contribution in [0.4, 0.5) is 0 Å². The maximum absolute atomic E-state index is 6.51. The van der Waals surface area contributed by atoms with Crippen LogP contribution in [-0.4, -0.2) is 10.7 Å². The quantitative estimate of drug-likeness (QED) is 0.176. The van der Waals surface area contributed by atoms with Gasteiger partial charge in [0.1, 0.15) is 11.5 Å². The van der Waals surface area contributed by atoms with E-state index in [1.807, 2.05) is 0 Å². The van der Waals surface area contributed by atoms with Gasteiger partial charge in [-0.25, -0.2) is 0 Å². The summed E-state index contributed by atoms with van der Waals surface area (Å²) in [6, 6.07) is 34.4. The zero-order chi connectivity index (χ0) is 22.9. The van der Waals surface area contributed by atoms with Gasteiger partial charge in [-0.15, -0.1) is 0 Å². The number of alkyl halides is 2. The van der Waals surface area contributed by atoms with Crippen molar-refractivity contribution in [3.8, 4) is 11.5 Å². The average molecular weight is 564 g/mol. The van der Waals surface area contributed by atoms with Crippen molar-refractivity contribution in [3.63, 3.8) is 0 Å². The van der Waals surface area contributed by atoms with E-state index in [4.69, 9.17) is 4.74 Å². The Labute approximate surface area is 214 Å². The molecule has 0 saturated heterocycles. The fourth-order valence-corrected chi connectivity index (χ4v) is 4.91. The molecule has 0 atom stereocenters. The molecule has 0 N–H and O–H groups in total. The number of halogens is 2. The second-order valence-electron chi connectivity index (χ2n) is 8.19. The molecule has 4 rings (SSSR count). The van der Waals surface area contributed by atoms with E-state index in [9.17, 15) is 0 Å². The molecule has 0 bridgehead atoms. The third kappa shape index (κ3) is 6.82. The fraction of sp³-hybridized carbons (Fsp3) is 0.200. The lowest BCUT2D eigenvalue weighted by Crippen LogP contribution is -2.00. The highest BCUT2D eigenvalue weighted by atomic mass is 79.9. The Kier molecular flexibility index (Phi) is 8.79. The Morgan fingerprint density at radius 3 is 1.30 bits per heavy atom. The van der Waals surface area contributed by atoms with Gasteiger partial charge < -0.3 is 4.74 Å². The van der Waals surface area contributed by atoms with E-state index >= 15 is 0 Å². The zero-order valence-electron chi connectivity index (χ0n) is 18.6. The molecule has 168 valence electrons. The van der Waals surface area contributed by atoms with Crippen LogP contribution in [0.15, 0.2) is 97.1 Å². The minimum Gasteiger partial charge on any atom is -0.457 e. The Balaban J connectivity index is 1.57. The SMILES string of the molecule is BrCCc1cc(Cc2ccccc2)ccc1Oc1ccc(Cc2ccccc2)cc1CCBr. The van der Waals surface area contributed by atoms with Crippen molar-refractivity contribution in [1.29, 1.82) is 0 Å². The number of aryl methyl sites for hydroxylation is 2. The van der Waals surface area contributed by atoms with Crippen LogP contribution in [-0.2, 0) is 25.7 Å².